The van der Waals surface area contributed by atoms with E-state index in [1.54, 1.807) is 19.4 Å². The average molecular weight is 442 g/mol. The topological polar surface area (TPSA) is 201 Å². The number of aromatic nitrogens is 3. The Balaban J connectivity index is 0.00000364. The summed E-state index contributed by atoms with van der Waals surface area (Å²) in [6.45, 7) is 3.43. The smallest absolute Gasteiger partial charge is 0.476 e. The molecule has 12 nitrogen and oxygen atoms in total. The van der Waals surface area contributed by atoms with Gasteiger partial charge in [0, 0.05) is 19.5 Å². The highest BCUT2D eigenvalue weighted by molar-refractivity contribution is 7.60. The molecule has 2 aromatic rings. The van der Waals surface area contributed by atoms with E-state index in [0.717, 1.165) is 10.6 Å². The van der Waals surface area contributed by atoms with E-state index >= 15 is 0 Å². The molecule has 6 N–H and O–H groups in total. The summed E-state index contributed by atoms with van der Waals surface area (Å²) in [7, 11) is -10.3. The van der Waals surface area contributed by atoms with E-state index in [-0.39, 0.29) is 24.7 Å². The molecule has 0 aromatic carbocycles. The zero-order chi connectivity index (χ0) is 19.5. The Morgan fingerprint density at radius 2 is 2.04 bits per heavy atom. The molecule has 0 saturated carbocycles. The van der Waals surface area contributed by atoms with Crippen LogP contribution in [0.3, 0.4) is 0 Å². The van der Waals surface area contributed by atoms with Crippen LogP contribution in [0.15, 0.2) is 16.5 Å². The van der Waals surface area contributed by atoms with Crippen LogP contribution in [0.25, 0.3) is 0 Å². The van der Waals surface area contributed by atoms with E-state index in [9.17, 15) is 18.8 Å². The summed E-state index contributed by atoms with van der Waals surface area (Å²) >= 11 is 1.33. The van der Waals surface area contributed by atoms with Crippen molar-refractivity contribution in [3.05, 3.63) is 44.0 Å². The molecule has 15 heteroatoms. The molecular formula is C12H20N4O8P2S. The number of thiazole rings is 1. The van der Waals surface area contributed by atoms with Crippen LogP contribution in [-0.4, -0.2) is 26.4 Å². The largest absolute Gasteiger partial charge is 0.756 e. The molecule has 0 fully saturated rings. The highest BCUT2D eigenvalue weighted by Gasteiger charge is 2.24. The quantitative estimate of drug-likeness (QED) is 0.320. The number of hydrogen-bond acceptors (Lipinski definition) is 9. The molecular weight excluding hydrogens is 422 g/mol. The Bertz CT molecular complexity index is 940. The lowest BCUT2D eigenvalue weighted by molar-refractivity contribution is -0.689. The number of aryl methyl sites for hydroxylation is 1. The van der Waals surface area contributed by atoms with E-state index in [4.69, 9.17) is 9.79 Å². The van der Waals surface area contributed by atoms with Gasteiger partial charge in [-0.05, 0) is 6.92 Å². The van der Waals surface area contributed by atoms with Gasteiger partial charge in [-0.2, -0.15) is 4.57 Å². The molecule has 2 heterocycles. The van der Waals surface area contributed by atoms with Crippen molar-refractivity contribution in [3.63, 3.8) is 0 Å². The minimum Gasteiger partial charge on any atom is -0.756 e. The first-order valence-corrected chi connectivity index (χ1v) is 11.1. The lowest BCUT2D eigenvalue weighted by atomic mass is 10.3. The number of aromatic amines is 1. The van der Waals surface area contributed by atoms with Crippen molar-refractivity contribution < 1.29 is 37.2 Å². The van der Waals surface area contributed by atoms with Crippen molar-refractivity contribution in [1.82, 2.24) is 16.1 Å². The van der Waals surface area contributed by atoms with Gasteiger partial charge in [0.1, 0.15) is 11.4 Å². The van der Waals surface area contributed by atoms with Gasteiger partial charge in [0.05, 0.1) is 11.5 Å². The van der Waals surface area contributed by atoms with Crippen LogP contribution in [0.1, 0.15) is 22.0 Å². The van der Waals surface area contributed by atoms with Gasteiger partial charge in [-0.1, -0.05) is 11.3 Å². The molecule has 0 saturated heterocycles. The van der Waals surface area contributed by atoms with Crippen molar-refractivity contribution >= 4 is 27.0 Å². The Labute approximate surface area is 158 Å². The van der Waals surface area contributed by atoms with Crippen molar-refractivity contribution in [1.29, 1.82) is 0 Å². The number of hydrogen-bond donors (Lipinski definition) is 4. The fraction of sp³-hybridized carbons (Fsp3) is 0.417. The van der Waals surface area contributed by atoms with Crippen molar-refractivity contribution in [2.75, 3.05) is 6.61 Å². The van der Waals surface area contributed by atoms with Crippen LogP contribution >= 0.6 is 27.0 Å². The van der Waals surface area contributed by atoms with Gasteiger partial charge >= 0.3 is 7.82 Å². The van der Waals surface area contributed by atoms with Crippen LogP contribution in [0, 0.1) is 13.8 Å². The average Bonchev–Trinajstić information content (AvgIpc) is 2.80. The van der Waals surface area contributed by atoms with Crippen LogP contribution in [-0.2, 0) is 30.9 Å². The minimum absolute atomic E-state index is 0. The second kappa shape index (κ2) is 9.28. The summed E-state index contributed by atoms with van der Waals surface area (Å²) in [4.78, 5) is 47.6. The normalized spacial score (nSPS) is 13.8. The lowest BCUT2D eigenvalue weighted by Crippen LogP contribution is -2.37. The predicted octanol–water partition coefficient (Wildman–Crippen LogP) is 0.0828. The highest BCUT2D eigenvalue weighted by Crippen LogP contribution is 2.54. The highest BCUT2D eigenvalue weighted by atomic mass is 32.1. The summed E-state index contributed by atoms with van der Waals surface area (Å²) in [5, 5.41) is 0. The number of nitrogens with zero attached hydrogens (tertiary/aromatic N) is 2. The molecule has 0 bridgehead atoms. The molecule has 2 aromatic heterocycles. The number of nitrogens with one attached hydrogen (secondary N) is 1. The van der Waals surface area contributed by atoms with E-state index in [1.165, 1.54) is 17.5 Å². The number of H-pyrrole nitrogens is 1. The number of rotatable bonds is 8. The van der Waals surface area contributed by atoms with E-state index in [2.05, 4.69) is 18.8 Å². The Morgan fingerprint density at radius 3 is 2.63 bits per heavy atom. The van der Waals surface area contributed by atoms with Crippen LogP contribution in [0.4, 0.5) is 0 Å². The first-order chi connectivity index (χ1) is 12.0. The standard InChI is InChI=1S/C12H17N3O8P2S.H3N/c1-8-11(3-4-22-25(20,21)23-24(17,18)19)26-7-15(8)6-10-5-13-9(2)14-12(10)16;/h5,7H,3-4,6H2,1-2H3,(H3-,13,14,16,17,18,19,20,21);1H3. The lowest BCUT2D eigenvalue weighted by Gasteiger charge is -2.22. The molecule has 0 aliphatic carbocycles. The van der Waals surface area contributed by atoms with E-state index < -0.39 is 15.6 Å². The van der Waals surface area contributed by atoms with Crippen molar-refractivity contribution in [3.8, 4) is 0 Å². The molecule has 2 rings (SSSR count). The monoisotopic (exact) mass is 442 g/mol. The fourth-order valence-electron chi connectivity index (χ4n) is 2.06. The van der Waals surface area contributed by atoms with Gasteiger partial charge < -0.3 is 30.3 Å². The SMILES string of the molecule is Cc1ncc(C[n+]2csc(CCOP(=O)([O-])OP(=O)(O)O)c2C)c(=O)[nH]1.N. The maximum absolute atomic E-state index is 11.9. The molecule has 0 aliphatic rings. The Kier molecular flexibility index (Phi) is 8.17. The molecule has 27 heavy (non-hydrogen) atoms. The zero-order valence-electron chi connectivity index (χ0n) is 14.5. The summed E-state index contributed by atoms with van der Waals surface area (Å²) in [6.07, 6.45) is 1.68. The summed E-state index contributed by atoms with van der Waals surface area (Å²) in [5.74, 6) is 0.517. The maximum atomic E-state index is 11.9. The van der Waals surface area contributed by atoms with Gasteiger partial charge in [-0.15, -0.1) is 0 Å². The van der Waals surface area contributed by atoms with Crippen molar-refractivity contribution in [2.24, 2.45) is 0 Å². The Hall–Kier alpha value is -1.27. The van der Waals surface area contributed by atoms with Gasteiger partial charge in [0.15, 0.2) is 12.2 Å². The third-order valence-electron chi connectivity index (χ3n) is 3.28. The summed E-state index contributed by atoms with van der Waals surface area (Å²) in [6, 6.07) is 0. The third kappa shape index (κ3) is 7.34. The van der Waals surface area contributed by atoms with Crippen LogP contribution in [0.5, 0.6) is 0 Å². The summed E-state index contributed by atoms with van der Waals surface area (Å²) in [5.41, 5.74) is 2.81. The van der Waals surface area contributed by atoms with Gasteiger partial charge in [0.2, 0.25) is 5.51 Å². The second-order valence-corrected chi connectivity index (χ2v) is 9.01. The third-order valence-corrected chi connectivity index (χ3v) is 6.58. The van der Waals surface area contributed by atoms with Gasteiger partial charge in [-0.25, -0.2) is 13.9 Å². The zero-order valence-corrected chi connectivity index (χ0v) is 17.1. The van der Waals surface area contributed by atoms with E-state index in [0.29, 0.717) is 17.9 Å². The van der Waals surface area contributed by atoms with E-state index in [1.807, 2.05) is 4.57 Å². The van der Waals surface area contributed by atoms with Crippen LogP contribution < -0.4 is 21.2 Å². The summed E-state index contributed by atoms with van der Waals surface area (Å²) < 4.78 is 31.7. The maximum Gasteiger partial charge on any atom is 0.476 e. The number of phosphoric ester groups is 1. The fourth-order valence-corrected chi connectivity index (χ4v) is 4.58. The van der Waals surface area contributed by atoms with Crippen LogP contribution in [0.2, 0.25) is 0 Å². The molecule has 152 valence electrons. The predicted molar refractivity (Wildman–Crippen MR) is 93.4 cm³/mol. The molecule has 0 aliphatic heterocycles. The first-order valence-electron chi connectivity index (χ1n) is 7.20. The first kappa shape index (κ1) is 23.8. The minimum atomic E-state index is -5.19. The van der Waals surface area contributed by atoms with Gasteiger partial charge in [-0.3, -0.25) is 9.36 Å². The van der Waals surface area contributed by atoms with Gasteiger partial charge in [0.25, 0.3) is 13.4 Å². The molecule has 0 amide bonds. The Morgan fingerprint density at radius 1 is 1.37 bits per heavy atom. The van der Waals surface area contributed by atoms with Crippen molar-refractivity contribution in [2.45, 2.75) is 26.8 Å². The number of phosphoric acid groups is 2. The second-order valence-electron chi connectivity index (χ2n) is 5.29. The molecule has 1 unspecified atom stereocenters. The molecule has 0 spiro atoms. The molecule has 0 radical (unpaired) electrons. The molecule has 1 atom stereocenters.